The lowest BCUT2D eigenvalue weighted by Crippen LogP contribution is -2.42. The van der Waals surface area contributed by atoms with Crippen molar-refractivity contribution in [3.05, 3.63) is 35.8 Å². The number of guanidine groups is 1. The molecule has 2 aromatic rings. The lowest BCUT2D eigenvalue weighted by Gasteiger charge is -2.25. The maximum atomic E-state index is 5.45. The van der Waals surface area contributed by atoms with Crippen LogP contribution in [0.4, 0.5) is 0 Å². The number of aromatic nitrogens is 3. The van der Waals surface area contributed by atoms with Gasteiger partial charge in [0.25, 0.3) is 0 Å². The van der Waals surface area contributed by atoms with Crippen LogP contribution in [0.3, 0.4) is 0 Å². The van der Waals surface area contributed by atoms with Crippen molar-refractivity contribution in [1.29, 1.82) is 0 Å². The summed E-state index contributed by atoms with van der Waals surface area (Å²) in [6.07, 6.45) is 9.62. The van der Waals surface area contributed by atoms with Crippen molar-refractivity contribution >= 4 is 29.9 Å². The molecular formula is C22H37IN6O. The Balaban J connectivity index is 0.00000320. The van der Waals surface area contributed by atoms with Crippen molar-refractivity contribution in [2.24, 2.45) is 10.9 Å². The second kappa shape index (κ2) is 13.0. The number of nitrogens with one attached hydrogen (secondary N) is 2. The first kappa shape index (κ1) is 24.7. The molecular weight excluding hydrogens is 491 g/mol. The van der Waals surface area contributed by atoms with Crippen molar-refractivity contribution in [3.63, 3.8) is 0 Å². The highest BCUT2D eigenvalue weighted by Gasteiger charge is 2.24. The first-order chi connectivity index (χ1) is 14.2. The molecule has 2 aromatic heterocycles. The molecule has 0 saturated heterocycles. The molecule has 2 atom stereocenters. The smallest absolute Gasteiger partial charge is 0.191 e. The fraction of sp³-hybridized carbons (Fsp3) is 0.682. The van der Waals surface area contributed by atoms with Crippen molar-refractivity contribution in [3.8, 4) is 0 Å². The number of hydrogen-bond acceptors (Lipinski definition) is 4. The van der Waals surface area contributed by atoms with E-state index in [1.165, 1.54) is 25.7 Å². The highest BCUT2D eigenvalue weighted by Crippen LogP contribution is 2.23. The fourth-order valence-corrected chi connectivity index (χ4v) is 3.82. The Hall–Kier alpha value is -1.58. The lowest BCUT2D eigenvalue weighted by molar-refractivity contribution is 0.396. The summed E-state index contributed by atoms with van der Waals surface area (Å²) in [5.74, 6) is 4.34. The Labute approximate surface area is 197 Å². The molecule has 3 rings (SSSR count). The summed E-state index contributed by atoms with van der Waals surface area (Å²) in [7, 11) is 0. The number of fused-ring (bicyclic) bond motifs is 1. The average molecular weight is 528 g/mol. The highest BCUT2D eigenvalue weighted by molar-refractivity contribution is 14.0. The molecule has 0 amide bonds. The van der Waals surface area contributed by atoms with Crippen LogP contribution in [-0.2, 0) is 13.0 Å². The quantitative estimate of drug-likeness (QED) is 0.267. The molecule has 0 aliphatic carbocycles. The van der Waals surface area contributed by atoms with E-state index in [4.69, 9.17) is 9.41 Å². The van der Waals surface area contributed by atoms with Gasteiger partial charge in [0, 0.05) is 26.1 Å². The molecule has 2 unspecified atom stereocenters. The van der Waals surface area contributed by atoms with Crippen molar-refractivity contribution < 1.29 is 4.42 Å². The van der Waals surface area contributed by atoms with Gasteiger partial charge in [0.15, 0.2) is 5.96 Å². The van der Waals surface area contributed by atoms with Gasteiger partial charge in [-0.3, -0.25) is 4.99 Å². The number of rotatable bonds is 10. The SMILES string of the molecule is CCCCC(CC)CN=C(NCCc1ccco1)NC1CCCn2nc(C)nc21.I. The monoisotopic (exact) mass is 528 g/mol. The molecule has 1 aliphatic rings. The van der Waals surface area contributed by atoms with Gasteiger partial charge in [-0.15, -0.1) is 24.0 Å². The number of furan rings is 1. The number of aryl methyl sites for hydroxylation is 2. The zero-order valence-electron chi connectivity index (χ0n) is 18.6. The van der Waals surface area contributed by atoms with Gasteiger partial charge in [0.2, 0.25) is 0 Å². The molecule has 30 heavy (non-hydrogen) atoms. The van der Waals surface area contributed by atoms with Gasteiger partial charge in [-0.25, -0.2) is 9.67 Å². The van der Waals surface area contributed by atoms with Crippen molar-refractivity contribution in [2.75, 3.05) is 13.1 Å². The average Bonchev–Trinajstić information content (AvgIpc) is 3.37. The number of halogens is 1. The van der Waals surface area contributed by atoms with E-state index in [-0.39, 0.29) is 30.0 Å². The summed E-state index contributed by atoms with van der Waals surface area (Å²) in [5.41, 5.74) is 0. The van der Waals surface area contributed by atoms with Crippen LogP contribution >= 0.6 is 24.0 Å². The van der Waals surface area contributed by atoms with E-state index in [1.54, 1.807) is 6.26 Å². The standard InChI is InChI=1S/C22H36N6O.HI/c1-4-6-9-18(5-2)16-24-22(23-13-12-19-10-8-15-29-19)26-20-11-7-14-28-21(20)25-17(3)27-28;/h8,10,15,18,20H,4-7,9,11-14,16H2,1-3H3,(H2,23,24,26);1H. The van der Waals surface area contributed by atoms with Gasteiger partial charge < -0.3 is 15.1 Å². The summed E-state index contributed by atoms with van der Waals surface area (Å²) >= 11 is 0. The maximum absolute atomic E-state index is 5.45. The maximum Gasteiger partial charge on any atom is 0.191 e. The molecule has 7 nitrogen and oxygen atoms in total. The second-order valence-electron chi connectivity index (χ2n) is 7.94. The Morgan fingerprint density at radius 1 is 1.40 bits per heavy atom. The predicted molar refractivity (Wildman–Crippen MR) is 131 cm³/mol. The van der Waals surface area contributed by atoms with Crippen LogP contribution < -0.4 is 10.6 Å². The zero-order chi connectivity index (χ0) is 20.5. The number of nitrogens with zero attached hydrogens (tertiary/aromatic N) is 4. The van der Waals surface area contributed by atoms with Crippen LogP contribution in [0.25, 0.3) is 0 Å². The molecule has 3 heterocycles. The minimum Gasteiger partial charge on any atom is -0.469 e. The largest absolute Gasteiger partial charge is 0.469 e. The van der Waals surface area contributed by atoms with Crippen LogP contribution in [0.5, 0.6) is 0 Å². The topological polar surface area (TPSA) is 80.3 Å². The van der Waals surface area contributed by atoms with Gasteiger partial charge in [-0.1, -0.05) is 33.1 Å². The molecule has 0 spiro atoms. The second-order valence-corrected chi connectivity index (χ2v) is 7.94. The summed E-state index contributed by atoms with van der Waals surface area (Å²) < 4.78 is 7.49. The molecule has 0 fully saturated rings. The Morgan fingerprint density at radius 3 is 3.00 bits per heavy atom. The molecule has 2 N–H and O–H groups in total. The summed E-state index contributed by atoms with van der Waals surface area (Å²) in [5, 5.41) is 11.6. The van der Waals surface area contributed by atoms with E-state index in [9.17, 15) is 0 Å². The first-order valence-corrected chi connectivity index (χ1v) is 11.2. The third kappa shape index (κ3) is 7.28. The third-order valence-electron chi connectivity index (χ3n) is 5.59. The van der Waals surface area contributed by atoms with Crippen molar-refractivity contribution in [1.82, 2.24) is 25.4 Å². The van der Waals surface area contributed by atoms with Crippen LogP contribution in [0.15, 0.2) is 27.8 Å². The number of hydrogen-bond donors (Lipinski definition) is 2. The van der Waals surface area contributed by atoms with E-state index < -0.39 is 0 Å². The summed E-state index contributed by atoms with van der Waals surface area (Å²) in [4.78, 5) is 9.60. The molecule has 8 heteroatoms. The summed E-state index contributed by atoms with van der Waals surface area (Å²) in [6, 6.07) is 4.09. The minimum atomic E-state index is 0. The first-order valence-electron chi connectivity index (χ1n) is 11.2. The van der Waals surface area contributed by atoms with Crippen LogP contribution in [0.1, 0.15) is 75.8 Å². The van der Waals surface area contributed by atoms with Gasteiger partial charge in [0.05, 0.1) is 12.3 Å². The van der Waals surface area contributed by atoms with E-state index >= 15 is 0 Å². The van der Waals surface area contributed by atoms with Gasteiger partial charge in [-0.05, 0) is 44.2 Å². The number of aliphatic imine (C=N–C) groups is 1. The van der Waals surface area contributed by atoms with Gasteiger partial charge >= 0.3 is 0 Å². The third-order valence-corrected chi connectivity index (χ3v) is 5.59. The van der Waals surface area contributed by atoms with Gasteiger partial charge in [0.1, 0.15) is 17.4 Å². The fourth-order valence-electron chi connectivity index (χ4n) is 3.82. The van der Waals surface area contributed by atoms with Crippen LogP contribution in [0, 0.1) is 12.8 Å². The lowest BCUT2D eigenvalue weighted by atomic mass is 10.00. The van der Waals surface area contributed by atoms with E-state index in [0.29, 0.717) is 5.92 Å². The van der Waals surface area contributed by atoms with Crippen LogP contribution in [0.2, 0.25) is 0 Å². The van der Waals surface area contributed by atoms with E-state index in [2.05, 4.69) is 34.6 Å². The van der Waals surface area contributed by atoms with Gasteiger partial charge in [-0.2, -0.15) is 5.10 Å². The normalized spacial score (nSPS) is 17.2. The molecule has 0 saturated carbocycles. The predicted octanol–water partition coefficient (Wildman–Crippen LogP) is 4.63. The minimum absolute atomic E-state index is 0. The van der Waals surface area contributed by atoms with Crippen LogP contribution in [-0.4, -0.2) is 33.8 Å². The Kier molecular flexibility index (Phi) is 10.7. The highest BCUT2D eigenvalue weighted by atomic mass is 127. The van der Waals surface area contributed by atoms with E-state index in [1.807, 2.05) is 23.7 Å². The molecule has 168 valence electrons. The molecule has 0 radical (unpaired) electrons. The Bertz CT molecular complexity index is 758. The molecule has 1 aliphatic heterocycles. The Morgan fingerprint density at radius 2 is 2.27 bits per heavy atom. The molecule has 0 bridgehead atoms. The van der Waals surface area contributed by atoms with E-state index in [0.717, 1.165) is 62.3 Å². The zero-order valence-corrected chi connectivity index (χ0v) is 20.9. The molecule has 0 aromatic carbocycles. The van der Waals surface area contributed by atoms with Crippen molar-refractivity contribution in [2.45, 2.75) is 78.3 Å². The number of unbranched alkanes of at least 4 members (excludes halogenated alkanes) is 1. The summed E-state index contributed by atoms with van der Waals surface area (Å²) in [6.45, 7) is 9.05.